The standard InChI is InChI=1S/C28H35ClF4N2O.C4H9N.C2H6/c1-4-20-13-21(8-5-9-26(20)29)22(10-12-35-11-6-7-18(35)2)17-34-27(36)24-14-23(19(3)30)15-25(16-24)28(31,32)33;1-2-4-5-3-1;1-2/h8-9,13-16,18-19,22H,4-7,10-12,17H2,1-3H3,(H,34,36);5H,1-4H2;1-2H3. The highest BCUT2D eigenvalue weighted by molar-refractivity contribution is 6.32. The summed E-state index contributed by atoms with van der Waals surface area (Å²) in [5.41, 5.74) is 0.688. The second-order valence-corrected chi connectivity index (χ2v) is 11.6. The van der Waals surface area contributed by atoms with Crippen LogP contribution >= 0.6 is 11.6 Å². The van der Waals surface area contributed by atoms with Gasteiger partial charge in [-0.3, -0.25) is 4.79 Å². The summed E-state index contributed by atoms with van der Waals surface area (Å²) in [4.78, 5) is 15.4. The van der Waals surface area contributed by atoms with Crippen molar-refractivity contribution in [2.45, 2.75) is 98.0 Å². The van der Waals surface area contributed by atoms with Gasteiger partial charge in [0.1, 0.15) is 6.17 Å². The number of carbonyl (C=O) groups is 1. The molecule has 4 nitrogen and oxygen atoms in total. The molecule has 0 aromatic heterocycles. The molecule has 3 atom stereocenters. The first-order valence-corrected chi connectivity index (χ1v) is 16.2. The quantitative estimate of drug-likeness (QED) is 0.268. The molecule has 0 spiro atoms. The molecule has 4 rings (SSSR count). The Balaban J connectivity index is 0.000000819. The number of rotatable bonds is 9. The van der Waals surface area contributed by atoms with E-state index in [4.69, 9.17) is 11.6 Å². The molecular formula is C34H50ClF4N3O. The first-order chi connectivity index (χ1) is 20.5. The molecule has 2 aliphatic heterocycles. The highest BCUT2D eigenvalue weighted by atomic mass is 35.5. The van der Waals surface area contributed by atoms with Gasteiger partial charge in [-0.2, -0.15) is 13.2 Å². The number of hydrogen-bond donors (Lipinski definition) is 2. The largest absolute Gasteiger partial charge is 0.416 e. The van der Waals surface area contributed by atoms with Gasteiger partial charge in [0.05, 0.1) is 5.56 Å². The lowest BCUT2D eigenvalue weighted by Crippen LogP contribution is -2.34. The average molecular weight is 628 g/mol. The third-order valence-corrected chi connectivity index (χ3v) is 8.47. The van der Waals surface area contributed by atoms with E-state index in [1.54, 1.807) is 0 Å². The molecule has 2 fully saturated rings. The van der Waals surface area contributed by atoms with Crippen LogP contribution < -0.4 is 10.6 Å². The summed E-state index contributed by atoms with van der Waals surface area (Å²) >= 11 is 6.42. The normalized spacial score (nSPS) is 20.3. The first-order valence-electron chi connectivity index (χ1n) is 15.9. The summed E-state index contributed by atoms with van der Waals surface area (Å²) in [6, 6.07) is 3.24. The van der Waals surface area contributed by atoms with E-state index in [1.807, 2.05) is 26.8 Å². The first kappa shape index (κ1) is 37.0. The summed E-state index contributed by atoms with van der Waals surface area (Å²) in [6.45, 7) is 14.1. The van der Waals surface area contributed by atoms with Crippen LogP contribution in [0, 0.1) is 5.92 Å². The molecule has 43 heavy (non-hydrogen) atoms. The van der Waals surface area contributed by atoms with Crippen molar-refractivity contribution in [1.29, 1.82) is 0 Å². The Labute approximate surface area is 261 Å². The Kier molecular flexibility index (Phi) is 16.0. The maximum Gasteiger partial charge on any atom is 0.416 e. The van der Waals surface area contributed by atoms with Gasteiger partial charge in [-0.05, 0) is 120 Å². The van der Waals surface area contributed by atoms with Gasteiger partial charge in [0.15, 0.2) is 0 Å². The van der Waals surface area contributed by atoms with Crippen LogP contribution in [-0.4, -0.2) is 49.6 Å². The lowest BCUT2D eigenvalue weighted by molar-refractivity contribution is -0.137. The minimum absolute atomic E-state index is 0.0374. The molecule has 242 valence electrons. The smallest absolute Gasteiger partial charge is 0.351 e. The van der Waals surface area contributed by atoms with Crippen molar-refractivity contribution in [1.82, 2.24) is 15.5 Å². The fourth-order valence-electron chi connectivity index (χ4n) is 5.47. The summed E-state index contributed by atoms with van der Waals surface area (Å²) in [5.74, 6) is -0.683. The Bertz CT molecular complexity index is 1100. The minimum Gasteiger partial charge on any atom is -0.351 e. The van der Waals surface area contributed by atoms with Crippen molar-refractivity contribution in [2.75, 3.05) is 32.7 Å². The number of halogens is 5. The Hall–Kier alpha value is -2.16. The predicted molar refractivity (Wildman–Crippen MR) is 170 cm³/mol. The monoisotopic (exact) mass is 627 g/mol. The maximum atomic E-state index is 13.9. The van der Waals surface area contributed by atoms with E-state index in [-0.39, 0.29) is 23.6 Å². The second kappa shape index (κ2) is 18.6. The number of carbonyl (C=O) groups excluding carboxylic acids is 1. The van der Waals surface area contributed by atoms with E-state index in [2.05, 4.69) is 34.6 Å². The van der Waals surface area contributed by atoms with Gasteiger partial charge in [-0.15, -0.1) is 0 Å². The lowest BCUT2D eigenvalue weighted by atomic mass is 9.92. The topological polar surface area (TPSA) is 44.4 Å². The molecule has 0 radical (unpaired) electrons. The Morgan fingerprint density at radius 2 is 1.84 bits per heavy atom. The summed E-state index contributed by atoms with van der Waals surface area (Å²) in [6.07, 6.45) is 7.16. The number of amides is 1. The lowest BCUT2D eigenvalue weighted by Gasteiger charge is -2.26. The van der Waals surface area contributed by atoms with Crippen molar-refractivity contribution in [2.24, 2.45) is 5.92 Å². The molecule has 2 N–H and O–H groups in total. The predicted octanol–water partition coefficient (Wildman–Crippen LogP) is 9.14. The molecular weight excluding hydrogens is 578 g/mol. The van der Waals surface area contributed by atoms with Crippen molar-refractivity contribution >= 4 is 17.5 Å². The number of nitrogens with one attached hydrogen (secondary N) is 2. The van der Waals surface area contributed by atoms with Crippen LogP contribution in [0.25, 0.3) is 0 Å². The number of benzene rings is 1. The van der Waals surface area contributed by atoms with Crippen LogP contribution in [0.2, 0.25) is 0 Å². The van der Waals surface area contributed by atoms with Gasteiger partial charge in [0, 0.05) is 29.1 Å². The maximum absolute atomic E-state index is 13.9. The fourth-order valence-corrected chi connectivity index (χ4v) is 5.74. The Morgan fingerprint density at radius 3 is 2.37 bits per heavy atom. The minimum atomic E-state index is -4.67. The molecule has 0 saturated carbocycles. The SMILES string of the molecule is C1CCNC1.CC.CCC1=CC(C(CCN2CCCC2C)CNC(=O)c2cc(C(C)F)cc(C(F)(F)F)c2)=CCC=C1Cl. The number of nitrogens with zero attached hydrogens (tertiary/aromatic N) is 1. The fraction of sp³-hybridized carbons (Fsp3) is 0.618. The third kappa shape index (κ3) is 12.0. The van der Waals surface area contributed by atoms with E-state index >= 15 is 0 Å². The highest BCUT2D eigenvalue weighted by Crippen LogP contribution is 2.33. The second-order valence-electron chi connectivity index (χ2n) is 11.2. The highest BCUT2D eigenvalue weighted by Gasteiger charge is 2.32. The van der Waals surface area contributed by atoms with Crippen LogP contribution in [0.1, 0.15) is 107 Å². The molecule has 2 heterocycles. The van der Waals surface area contributed by atoms with E-state index in [9.17, 15) is 22.4 Å². The number of likely N-dealkylation sites (tertiary alicyclic amines) is 1. The molecule has 3 aliphatic rings. The van der Waals surface area contributed by atoms with Crippen LogP contribution in [0.4, 0.5) is 17.6 Å². The van der Waals surface area contributed by atoms with E-state index in [0.29, 0.717) is 12.5 Å². The summed E-state index contributed by atoms with van der Waals surface area (Å²) < 4.78 is 54.0. The number of hydrogen-bond acceptors (Lipinski definition) is 3. The summed E-state index contributed by atoms with van der Waals surface area (Å²) in [5, 5.41) is 6.77. The van der Waals surface area contributed by atoms with Crippen LogP contribution in [0.15, 0.2) is 52.6 Å². The van der Waals surface area contributed by atoms with Crippen LogP contribution in [-0.2, 0) is 6.18 Å². The van der Waals surface area contributed by atoms with Crippen molar-refractivity contribution in [3.05, 3.63) is 69.3 Å². The van der Waals surface area contributed by atoms with Gasteiger partial charge >= 0.3 is 6.18 Å². The molecule has 0 bridgehead atoms. The zero-order valence-corrected chi connectivity index (χ0v) is 27.2. The third-order valence-electron chi connectivity index (χ3n) is 8.08. The molecule has 1 aromatic carbocycles. The zero-order chi connectivity index (χ0) is 32.0. The van der Waals surface area contributed by atoms with Crippen LogP contribution in [0.3, 0.4) is 0 Å². The Morgan fingerprint density at radius 1 is 1.14 bits per heavy atom. The molecule has 3 unspecified atom stereocenters. The van der Waals surface area contributed by atoms with Crippen molar-refractivity contribution in [3.8, 4) is 0 Å². The van der Waals surface area contributed by atoms with Gasteiger partial charge in [-0.1, -0.05) is 50.6 Å². The summed E-state index contributed by atoms with van der Waals surface area (Å²) in [7, 11) is 0. The average Bonchev–Trinajstić information content (AvgIpc) is 3.67. The van der Waals surface area contributed by atoms with Gasteiger partial charge in [-0.25, -0.2) is 4.39 Å². The van der Waals surface area contributed by atoms with E-state index in [1.165, 1.54) is 32.0 Å². The zero-order valence-electron chi connectivity index (χ0n) is 26.4. The number of alkyl halides is 4. The van der Waals surface area contributed by atoms with Gasteiger partial charge < -0.3 is 15.5 Å². The molecule has 1 aromatic rings. The molecule has 2 saturated heterocycles. The molecule has 1 amide bonds. The van der Waals surface area contributed by atoms with Crippen LogP contribution in [0.5, 0.6) is 0 Å². The van der Waals surface area contributed by atoms with Gasteiger partial charge in [0.2, 0.25) is 0 Å². The van der Waals surface area contributed by atoms with E-state index in [0.717, 1.165) is 74.0 Å². The van der Waals surface area contributed by atoms with Crippen molar-refractivity contribution < 1.29 is 22.4 Å². The van der Waals surface area contributed by atoms with E-state index < -0.39 is 23.8 Å². The van der Waals surface area contributed by atoms with Crippen molar-refractivity contribution in [3.63, 3.8) is 0 Å². The molecule has 1 aliphatic carbocycles. The van der Waals surface area contributed by atoms with Gasteiger partial charge in [0.25, 0.3) is 5.91 Å². The molecule has 9 heteroatoms. The number of allylic oxidation sites excluding steroid dienone is 5.